The SMILES string of the molecule is CCc1ccccc1NC(=O)CN(C)C(=O)CCNS(=O)(=O)C=Cc1ccccc1. The van der Waals surface area contributed by atoms with Gasteiger partial charge in [0.05, 0.1) is 6.54 Å². The molecule has 0 saturated heterocycles. The molecule has 8 heteroatoms. The van der Waals surface area contributed by atoms with E-state index in [1.54, 1.807) is 12.1 Å². The smallest absolute Gasteiger partial charge is 0.243 e. The predicted molar refractivity (Wildman–Crippen MR) is 119 cm³/mol. The van der Waals surface area contributed by atoms with Gasteiger partial charge in [0.15, 0.2) is 0 Å². The van der Waals surface area contributed by atoms with Gasteiger partial charge in [0.25, 0.3) is 0 Å². The van der Waals surface area contributed by atoms with Gasteiger partial charge in [-0.25, -0.2) is 13.1 Å². The van der Waals surface area contributed by atoms with Gasteiger partial charge in [0, 0.05) is 31.1 Å². The van der Waals surface area contributed by atoms with E-state index in [4.69, 9.17) is 0 Å². The number of amides is 2. The Hall–Kier alpha value is -2.97. The fraction of sp³-hybridized carbons (Fsp3) is 0.273. The first-order valence-electron chi connectivity index (χ1n) is 9.65. The lowest BCUT2D eigenvalue weighted by molar-refractivity contribution is -0.133. The Morgan fingerprint density at radius 1 is 1.03 bits per heavy atom. The van der Waals surface area contributed by atoms with Crippen LogP contribution in [0.4, 0.5) is 5.69 Å². The molecule has 0 heterocycles. The standard InChI is InChI=1S/C22H27N3O4S/c1-3-19-11-7-8-12-20(19)24-21(26)17-25(2)22(27)13-15-23-30(28,29)16-14-18-9-5-4-6-10-18/h4-12,14,16,23H,3,13,15,17H2,1-2H3,(H,24,26). The molecule has 0 atom stereocenters. The van der Waals surface area contributed by atoms with Gasteiger partial charge in [-0.3, -0.25) is 9.59 Å². The Morgan fingerprint density at radius 2 is 1.70 bits per heavy atom. The van der Waals surface area contributed by atoms with E-state index in [-0.39, 0.29) is 31.3 Å². The maximum Gasteiger partial charge on any atom is 0.243 e. The van der Waals surface area contributed by atoms with Gasteiger partial charge in [0.1, 0.15) is 0 Å². The average Bonchev–Trinajstić information content (AvgIpc) is 2.73. The Labute approximate surface area is 177 Å². The van der Waals surface area contributed by atoms with Crippen LogP contribution in [0.25, 0.3) is 6.08 Å². The molecule has 2 rings (SSSR count). The van der Waals surface area contributed by atoms with Gasteiger partial charge < -0.3 is 10.2 Å². The lowest BCUT2D eigenvalue weighted by Crippen LogP contribution is -2.36. The van der Waals surface area contributed by atoms with Crippen molar-refractivity contribution < 1.29 is 18.0 Å². The van der Waals surface area contributed by atoms with E-state index in [0.29, 0.717) is 0 Å². The lowest BCUT2D eigenvalue weighted by atomic mass is 10.1. The van der Waals surface area contributed by atoms with Crippen molar-refractivity contribution in [1.82, 2.24) is 9.62 Å². The van der Waals surface area contributed by atoms with Crippen molar-refractivity contribution in [2.75, 3.05) is 25.5 Å². The highest BCUT2D eigenvalue weighted by molar-refractivity contribution is 7.92. The minimum atomic E-state index is -3.65. The highest BCUT2D eigenvalue weighted by atomic mass is 32.2. The van der Waals surface area contributed by atoms with Gasteiger partial charge in [0.2, 0.25) is 21.8 Å². The van der Waals surface area contributed by atoms with Gasteiger partial charge in [-0.1, -0.05) is 55.5 Å². The molecule has 7 nitrogen and oxygen atoms in total. The molecule has 2 aromatic carbocycles. The molecular weight excluding hydrogens is 402 g/mol. The van der Waals surface area contributed by atoms with E-state index in [2.05, 4.69) is 10.0 Å². The van der Waals surface area contributed by atoms with E-state index >= 15 is 0 Å². The summed E-state index contributed by atoms with van der Waals surface area (Å²) in [6.45, 7) is 1.83. The van der Waals surface area contributed by atoms with Crippen LogP contribution in [0.5, 0.6) is 0 Å². The van der Waals surface area contributed by atoms with Gasteiger partial charge >= 0.3 is 0 Å². The van der Waals surface area contributed by atoms with Crippen molar-refractivity contribution in [3.8, 4) is 0 Å². The van der Waals surface area contributed by atoms with Crippen LogP contribution in [-0.4, -0.2) is 45.3 Å². The third-order valence-corrected chi connectivity index (χ3v) is 5.46. The number of rotatable bonds is 10. The number of para-hydroxylation sites is 1. The molecule has 2 N–H and O–H groups in total. The van der Waals surface area contributed by atoms with E-state index in [1.807, 2.05) is 49.4 Å². The lowest BCUT2D eigenvalue weighted by Gasteiger charge is -2.17. The molecule has 0 aliphatic carbocycles. The van der Waals surface area contributed by atoms with E-state index < -0.39 is 10.0 Å². The number of likely N-dealkylation sites (N-methyl/N-ethyl adjacent to an activating group) is 1. The number of hydrogen-bond acceptors (Lipinski definition) is 4. The summed E-state index contributed by atoms with van der Waals surface area (Å²) < 4.78 is 26.4. The highest BCUT2D eigenvalue weighted by Crippen LogP contribution is 2.15. The molecule has 160 valence electrons. The molecule has 0 aromatic heterocycles. The highest BCUT2D eigenvalue weighted by Gasteiger charge is 2.15. The predicted octanol–water partition coefficient (Wildman–Crippen LogP) is 2.63. The minimum absolute atomic E-state index is 0.0479. The zero-order valence-electron chi connectivity index (χ0n) is 17.2. The number of sulfonamides is 1. The number of benzene rings is 2. The van der Waals surface area contributed by atoms with E-state index in [9.17, 15) is 18.0 Å². The molecule has 0 spiro atoms. The summed E-state index contributed by atoms with van der Waals surface area (Å²) in [4.78, 5) is 25.7. The summed E-state index contributed by atoms with van der Waals surface area (Å²) >= 11 is 0. The Bertz CT molecular complexity index is 988. The summed E-state index contributed by atoms with van der Waals surface area (Å²) in [7, 11) is -2.14. The third-order valence-electron chi connectivity index (χ3n) is 4.36. The van der Waals surface area contributed by atoms with Crippen LogP contribution in [-0.2, 0) is 26.0 Å². The Kier molecular flexibility index (Phi) is 8.76. The topological polar surface area (TPSA) is 95.6 Å². The molecule has 0 radical (unpaired) electrons. The van der Waals surface area contributed by atoms with Crippen molar-refractivity contribution >= 4 is 33.6 Å². The molecule has 2 amide bonds. The molecule has 0 saturated carbocycles. The van der Waals surface area contributed by atoms with Crippen molar-refractivity contribution in [3.05, 3.63) is 71.1 Å². The zero-order chi connectivity index (χ0) is 22.0. The first kappa shape index (κ1) is 23.3. The normalized spacial score (nSPS) is 11.4. The molecule has 2 aromatic rings. The van der Waals surface area contributed by atoms with Crippen LogP contribution in [0.15, 0.2) is 60.0 Å². The van der Waals surface area contributed by atoms with Gasteiger partial charge in [-0.05, 0) is 29.7 Å². The van der Waals surface area contributed by atoms with Crippen molar-refractivity contribution in [1.29, 1.82) is 0 Å². The second kappa shape index (κ2) is 11.3. The second-order valence-electron chi connectivity index (χ2n) is 6.71. The van der Waals surface area contributed by atoms with Crippen LogP contribution < -0.4 is 10.0 Å². The Balaban J connectivity index is 1.78. The van der Waals surface area contributed by atoms with Crippen LogP contribution >= 0.6 is 0 Å². The number of anilines is 1. The number of nitrogens with one attached hydrogen (secondary N) is 2. The van der Waals surface area contributed by atoms with Gasteiger partial charge in [-0.15, -0.1) is 0 Å². The van der Waals surface area contributed by atoms with E-state index in [0.717, 1.165) is 28.6 Å². The number of carbonyl (C=O) groups is 2. The summed E-state index contributed by atoms with van der Waals surface area (Å²) in [5.74, 6) is -0.637. The molecular formula is C22H27N3O4S. The minimum Gasteiger partial charge on any atom is -0.336 e. The first-order valence-corrected chi connectivity index (χ1v) is 11.2. The molecule has 0 bridgehead atoms. The summed E-state index contributed by atoms with van der Waals surface area (Å²) in [6, 6.07) is 16.5. The maximum absolute atomic E-state index is 12.2. The summed E-state index contributed by atoms with van der Waals surface area (Å²) in [5, 5.41) is 3.87. The monoisotopic (exact) mass is 429 g/mol. The summed E-state index contributed by atoms with van der Waals surface area (Å²) in [6.07, 6.45) is 2.21. The summed E-state index contributed by atoms with van der Waals surface area (Å²) in [5.41, 5.74) is 2.50. The second-order valence-corrected chi connectivity index (χ2v) is 8.36. The number of carbonyl (C=O) groups excluding carboxylic acids is 2. The molecule has 0 fully saturated rings. The quantitative estimate of drug-likeness (QED) is 0.607. The molecule has 0 unspecified atom stereocenters. The number of nitrogens with zero attached hydrogens (tertiary/aromatic N) is 1. The molecule has 0 aliphatic heterocycles. The average molecular weight is 430 g/mol. The first-order chi connectivity index (χ1) is 14.3. The molecule has 30 heavy (non-hydrogen) atoms. The van der Waals surface area contributed by atoms with Crippen LogP contribution in [0.3, 0.4) is 0 Å². The number of hydrogen-bond donors (Lipinski definition) is 2. The van der Waals surface area contributed by atoms with Crippen molar-refractivity contribution in [2.45, 2.75) is 19.8 Å². The van der Waals surface area contributed by atoms with Gasteiger partial charge in [-0.2, -0.15) is 0 Å². The van der Waals surface area contributed by atoms with Crippen molar-refractivity contribution in [2.24, 2.45) is 0 Å². The van der Waals surface area contributed by atoms with Crippen LogP contribution in [0.2, 0.25) is 0 Å². The fourth-order valence-electron chi connectivity index (χ4n) is 2.72. The zero-order valence-corrected chi connectivity index (χ0v) is 18.0. The largest absolute Gasteiger partial charge is 0.336 e. The maximum atomic E-state index is 12.2. The van der Waals surface area contributed by atoms with Crippen molar-refractivity contribution in [3.63, 3.8) is 0 Å². The van der Waals surface area contributed by atoms with E-state index in [1.165, 1.54) is 18.0 Å². The Morgan fingerprint density at radius 3 is 2.40 bits per heavy atom. The number of aryl methyl sites for hydroxylation is 1. The fourth-order valence-corrected chi connectivity index (χ4v) is 3.53. The third kappa shape index (κ3) is 7.81. The van der Waals surface area contributed by atoms with Crippen LogP contribution in [0.1, 0.15) is 24.5 Å². The molecule has 0 aliphatic rings. The van der Waals surface area contributed by atoms with Crippen LogP contribution in [0, 0.1) is 0 Å².